The molecule has 0 aromatic carbocycles. The Bertz CT molecular complexity index is 117. The predicted molar refractivity (Wildman–Crippen MR) is 30.0 cm³/mol. The number of aliphatic hydroxyl groups is 4. The number of aliphatic hydroxyl groups excluding tert-OH is 4. The van der Waals surface area contributed by atoms with E-state index in [2.05, 4.69) is 4.74 Å². The third kappa shape index (κ3) is 1.14. The van der Waals surface area contributed by atoms with Gasteiger partial charge in [0.05, 0.1) is 6.61 Å². The fourth-order valence-electron chi connectivity index (χ4n) is 0.880. The van der Waals surface area contributed by atoms with E-state index in [1.807, 2.05) is 0 Å². The van der Waals surface area contributed by atoms with Gasteiger partial charge < -0.3 is 25.2 Å². The normalized spacial score (nSPS) is 48.0. The molecule has 1 fully saturated rings. The summed E-state index contributed by atoms with van der Waals surface area (Å²) in [6, 6.07) is 0. The van der Waals surface area contributed by atoms with Crippen LogP contribution in [0.3, 0.4) is 0 Å². The molecule has 10 heavy (non-hydrogen) atoms. The van der Waals surface area contributed by atoms with E-state index < -0.39 is 31.2 Å². The van der Waals surface area contributed by atoms with E-state index in [-0.39, 0.29) is 0 Å². The Labute approximate surface area is 57.5 Å². The largest absolute Gasteiger partial charge is 0.394 e. The molecule has 0 aromatic rings. The van der Waals surface area contributed by atoms with Gasteiger partial charge >= 0.3 is 0 Å². The molecule has 0 aromatic heterocycles. The van der Waals surface area contributed by atoms with Crippen molar-refractivity contribution in [1.29, 1.82) is 0 Å². The van der Waals surface area contributed by atoms with Crippen LogP contribution in [0.4, 0.5) is 0 Å². The van der Waals surface area contributed by atoms with Crippen molar-refractivity contribution in [1.82, 2.24) is 0 Å². The molecule has 1 rings (SSSR count). The van der Waals surface area contributed by atoms with Crippen molar-refractivity contribution < 1.29 is 25.2 Å². The average Bonchev–Trinajstić information content (AvgIpc) is 2.17. The lowest BCUT2D eigenvalue weighted by Gasteiger charge is -2.09. The summed E-state index contributed by atoms with van der Waals surface area (Å²) >= 11 is 0. The number of rotatable bonds is 1. The first kappa shape index (κ1) is 7.90. The van der Waals surface area contributed by atoms with E-state index in [9.17, 15) is 0 Å². The molecule has 4 N–H and O–H groups in total. The zero-order valence-corrected chi connectivity index (χ0v) is 5.21. The molecule has 1 aliphatic heterocycles. The summed E-state index contributed by atoms with van der Waals surface area (Å²) in [7, 11) is 0. The van der Waals surface area contributed by atoms with Gasteiger partial charge in [-0.25, -0.2) is 0 Å². The highest BCUT2D eigenvalue weighted by Crippen LogP contribution is 2.18. The van der Waals surface area contributed by atoms with Gasteiger partial charge in [-0.15, -0.1) is 0 Å². The average molecular weight is 151 g/mol. The first-order valence-corrected chi connectivity index (χ1v) is 2.97. The van der Waals surface area contributed by atoms with Gasteiger partial charge in [0, 0.05) is 0 Å². The summed E-state index contributed by atoms with van der Waals surface area (Å²) in [5.74, 6) is 0. The first-order valence-electron chi connectivity index (χ1n) is 2.97. The van der Waals surface area contributed by atoms with Crippen LogP contribution in [0, 0.1) is 0 Å². The summed E-state index contributed by atoms with van der Waals surface area (Å²) in [6.07, 6.45) is -4.76. The maximum atomic E-state index is 8.93. The number of hydrogen-bond donors (Lipinski definition) is 4. The van der Waals surface area contributed by atoms with Crippen molar-refractivity contribution in [2.24, 2.45) is 0 Å². The quantitative estimate of drug-likeness (QED) is 0.309. The molecule has 1 unspecified atom stereocenters. The standard InChI is InChI=1S/C5H10O5/c6-1-2-3(7)4(8)5(9)10-2/h2-9H,1H2/t2-,3+,4-,5?/m1/s1/i5+1. The van der Waals surface area contributed by atoms with Crippen molar-refractivity contribution >= 4 is 0 Å². The Morgan fingerprint density at radius 1 is 1.10 bits per heavy atom. The molecule has 0 saturated carbocycles. The summed E-state index contributed by atoms with van der Waals surface area (Å²) in [5, 5.41) is 35.0. The van der Waals surface area contributed by atoms with Gasteiger partial charge in [-0.3, -0.25) is 0 Å². The zero-order chi connectivity index (χ0) is 7.72. The molecular weight excluding hydrogens is 141 g/mol. The highest BCUT2D eigenvalue weighted by Gasteiger charge is 2.41. The van der Waals surface area contributed by atoms with Crippen LogP contribution >= 0.6 is 0 Å². The van der Waals surface area contributed by atoms with Gasteiger partial charge in [0.25, 0.3) is 0 Å². The van der Waals surface area contributed by atoms with Gasteiger partial charge in [0.15, 0.2) is 6.29 Å². The molecule has 0 radical (unpaired) electrons. The molecule has 1 heterocycles. The molecular formula is C5H10O5. The smallest absolute Gasteiger partial charge is 0.184 e. The third-order valence-corrected chi connectivity index (χ3v) is 1.52. The van der Waals surface area contributed by atoms with Gasteiger partial charge in [0.2, 0.25) is 0 Å². The van der Waals surface area contributed by atoms with Gasteiger partial charge in [-0.05, 0) is 0 Å². The number of hydrogen-bond acceptors (Lipinski definition) is 5. The molecule has 0 aliphatic carbocycles. The van der Waals surface area contributed by atoms with Crippen LogP contribution in [0.2, 0.25) is 0 Å². The van der Waals surface area contributed by atoms with Crippen molar-refractivity contribution in [2.45, 2.75) is 24.6 Å². The van der Waals surface area contributed by atoms with Crippen LogP contribution in [-0.2, 0) is 4.74 Å². The van der Waals surface area contributed by atoms with Crippen LogP contribution in [-0.4, -0.2) is 51.6 Å². The fourth-order valence-corrected chi connectivity index (χ4v) is 0.880. The lowest BCUT2D eigenvalue weighted by Crippen LogP contribution is -2.33. The minimum atomic E-state index is -1.38. The summed E-state index contributed by atoms with van der Waals surface area (Å²) in [5.41, 5.74) is 0. The van der Waals surface area contributed by atoms with Gasteiger partial charge in [0.1, 0.15) is 18.3 Å². The Morgan fingerprint density at radius 3 is 1.90 bits per heavy atom. The van der Waals surface area contributed by atoms with Gasteiger partial charge in [-0.1, -0.05) is 0 Å². The fraction of sp³-hybridized carbons (Fsp3) is 1.00. The monoisotopic (exact) mass is 151 g/mol. The molecule has 0 amide bonds. The molecule has 5 heteroatoms. The second-order valence-corrected chi connectivity index (χ2v) is 2.23. The van der Waals surface area contributed by atoms with E-state index >= 15 is 0 Å². The lowest BCUT2D eigenvalue weighted by atomic mass is 10.2. The molecule has 5 nitrogen and oxygen atoms in total. The maximum absolute atomic E-state index is 8.93. The zero-order valence-electron chi connectivity index (χ0n) is 5.21. The second kappa shape index (κ2) is 2.81. The number of ether oxygens (including phenoxy) is 1. The topological polar surface area (TPSA) is 90.2 Å². The minimum Gasteiger partial charge on any atom is -0.394 e. The lowest BCUT2D eigenvalue weighted by molar-refractivity contribution is -0.132. The molecule has 1 aliphatic rings. The minimum absolute atomic E-state index is 0.407. The van der Waals surface area contributed by atoms with E-state index in [0.29, 0.717) is 0 Å². The van der Waals surface area contributed by atoms with E-state index in [1.165, 1.54) is 0 Å². The van der Waals surface area contributed by atoms with E-state index in [4.69, 9.17) is 20.4 Å². The highest BCUT2D eigenvalue weighted by molar-refractivity contribution is 4.84. The molecule has 0 spiro atoms. The summed E-state index contributed by atoms with van der Waals surface area (Å²) in [6.45, 7) is -0.407. The first-order chi connectivity index (χ1) is 4.66. The summed E-state index contributed by atoms with van der Waals surface area (Å²) < 4.78 is 4.54. The molecule has 4 atom stereocenters. The van der Waals surface area contributed by atoms with E-state index in [1.54, 1.807) is 0 Å². The van der Waals surface area contributed by atoms with Crippen LogP contribution in [0.1, 0.15) is 0 Å². The Hall–Kier alpha value is -0.200. The van der Waals surface area contributed by atoms with Crippen LogP contribution in [0.5, 0.6) is 0 Å². The Kier molecular flexibility index (Phi) is 2.22. The summed E-state index contributed by atoms with van der Waals surface area (Å²) in [4.78, 5) is 0. The highest BCUT2D eigenvalue weighted by atomic mass is 16.7. The Balaban J connectivity index is 2.53. The Morgan fingerprint density at radius 2 is 1.70 bits per heavy atom. The molecule has 1 saturated heterocycles. The molecule has 0 bridgehead atoms. The van der Waals surface area contributed by atoms with Crippen LogP contribution < -0.4 is 0 Å². The predicted octanol–water partition coefficient (Wildman–Crippen LogP) is -2.58. The maximum Gasteiger partial charge on any atom is 0.184 e. The van der Waals surface area contributed by atoms with E-state index in [0.717, 1.165) is 0 Å². The SMILES string of the molecule is OC[C@H]1O[13CH](O)[C@H](O)[C@H]1O. The molecule has 60 valence electrons. The van der Waals surface area contributed by atoms with Crippen LogP contribution in [0.25, 0.3) is 0 Å². The third-order valence-electron chi connectivity index (χ3n) is 1.52. The van der Waals surface area contributed by atoms with Crippen molar-refractivity contribution in [2.75, 3.05) is 6.61 Å². The second-order valence-electron chi connectivity index (χ2n) is 2.23. The van der Waals surface area contributed by atoms with Crippen molar-refractivity contribution in [3.05, 3.63) is 0 Å². The van der Waals surface area contributed by atoms with Crippen molar-refractivity contribution in [3.8, 4) is 0 Å². The van der Waals surface area contributed by atoms with Gasteiger partial charge in [-0.2, -0.15) is 0 Å². The van der Waals surface area contributed by atoms with Crippen LogP contribution in [0.15, 0.2) is 0 Å². The van der Waals surface area contributed by atoms with Crippen molar-refractivity contribution in [3.63, 3.8) is 0 Å².